The molecule has 3 rings (SSSR count). The van der Waals surface area contributed by atoms with Crippen LogP contribution in [0.25, 0.3) is 0 Å². The molecule has 0 amide bonds. The fourth-order valence-corrected chi connectivity index (χ4v) is 3.53. The Morgan fingerprint density at radius 2 is 1.45 bits per heavy atom. The molecule has 152 valence electrons. The average molecular weight is 471 g/mol. The van der Waals surface area contributed by atoms with Crippen LogP contribution in [0.2, 0.25) is 20.1 Å². The van der Waals surface area contributed by atoms with Gasteiger partial charge in [-0.1, -0.05) is 52.5 Å². The van der Waals surface area contributed by atoms with Gasteiger partial charge in [0.15, 0.2) is 11.5 Å². The van der Waals surface area contributed by atoms with Crippen LogP contribution in [0.5, 0.6) is 11.5 Å². The molecule has 3 nitrogen and oxygen atoms in total. The zero-order valence-electron chi connectivity index (χ0n) is 15.6. The number of hydrogen-bond acceptors (Lipinski definition) is 3. The van der Waals surface area contributed by atoms with Crippen LogP contribution in [-0.2, 0) is 13.2 Å². The lowest BCUT2D eigenvalue weighted by molar-refractivity contribution is 0.269. The molecule has 0 saturated heterocycles. The quantitative estimate of drug-likeness (QED) is 0.363. The summed E-state index contributed by atoms with van der Waals surface area (Å²) in [5.41, 5.74) is 2.54. The maximum absolute atomic E-state index is 6.49. The summed E-state index contributed by atoms with van der Waals surface area (Å²) in [6, 6.07) is 16.4. The zero-order chi connectivity index (χ0) is 20.8. The highest BCUT2D eigenvalue weighted by Gasteiger charge is 2.13. The predicted octanol–water partition coefficient (Wildman–Crippen LogP) is 7.89. The van der Waals surface area contributed by atoms with Gasteiger partial charge in [-0.05, 0) is 55.0 Å². The minimum atomic E-state index is 0.206. The molecule has 0 aliphatic heterocycles. The third-order valence-electron chi connectivity index (χ3n) is 4.17. The molecule has 0 aromatic heterocycles. The smallest absolute Gasteiger partial charge is 0.163 e. The highest BCUT2D eigenvalue weighted by Crippen LogP contribution is 2.35. The van der Waals surface area contributed by atoms with Gasteiger partial charge in [0.2, 0.25) is 0 Å². The molecule has 0 atom stereocenters. The van der Waals surface area contributed by atoms with Gasteiger partial charge in [-0.15, -0.1) is 0 Å². The number of rotatable bonds is 8. The highest BCUT2D eigenvalue weighted by atomic mass is 35.5. The molecule has 3 aromatic rings. The molecule has 0 radical (unpaired) electrons. The SMILES string of the molecule is CCOc1cc(CNc2ccc(Cl)cc2)c(Cl)cc1OCc1c(Cl)cccc1Cl. The molecule has 0 unspecified atom stereocenters. The van der Waals surface area contributed by atoms with E-state index in [1.807, 2.05) is 37.3 Å². The van der Waals surface area contributed by atoms with E-state index in [1.165, 1.54) is 0 Å². The Morgan fingerprint density at radius 3 is 2.10 bits per heavy atom. The number of anilines is 1. The Hall–Kier alpha value is -1.78. The molecule has 0 saturated carbocycles. The lowest BCUT2D eigenvalue weighted by atomic mass is 10.2. The summed E-state index contributed by atoms with van der Waals surface area (Å²) >= 11 is 24.9. The van der Waals surface area contributed by atoms with Crippen molar-refractivity contribution in [2.45, 2.75) is 20.1 Å². The highest BCUT2D eigenvalue weighted by molar-refractivity contribution is 6.36. The molecule has 0 spiro atoms. The Bertz CT molecular complexity index is 957. The molecule has 0 heterocycles. The fraction of sp³-hybridized carbons (Fsp3) is 0.182. The van der Waals surface area contributed by atoms with E-state index in [0.29, 0.717) is 50.3 Å². The molecule has 29 heavy (non-hydrogen) atoms. The predicted molar refractivity (Wildman–Crippen MR) is 122 cm³/mol. The first kappa shape index (κ1) is 21.9. The second-order valence-electron chi connectivity index (χ2n) is 6.17. The van der Waals surface area contributed by atoms with Gasteiger partial charge in [0.1, 0.15) is 6.61 Å². The number of nitrogens with one attached hydrogen (secondary N) is 1. The van der Waals surface area contributed by atoms with Crippen molar-refractivity contribution in [2.24, 2.45) is 0 Å². The van der Waals surface area contributed by atoms with Crippen LogP contribution in [0.4, 0.5) is 5.69 Å². The Labute approximate surface area is 190 Å². The summed E-state index contributed by atoms with van der Waals surface area (Å²) in [6.07, 6.45) is 0. The van der Waals surface area contributed by atoms with E-state index < -0.39 is 0 Å². The third kappa shape index (κ3) is 5.86. The first-order valence-electron chi connectivity index (χ1n) is 8.98. The van der Waals surface area contributed by atoms with Gasteiger partial charge in [-0.2, -0.15) is 0 Å². The van der Waals surface area contributed by atoms with Gasteiger partial charge in [-0.25, -0.2) is 0 Å². The summed E-state index contributed by atoms with van der Waals surface area (Å²) in [5, 5.41) is 5.66. The molecule has 7 heteroatoms. The Kier molecular flexibility index (Phi) is 7.79. The van der Waals surface area contributed by atoms with E-state index in [0.717, 1.165) is 11.3 Å². The summed E-state index contributed by atoms with van der Waals surface area (Å²) in [6.45, 7) is 3.14. The fourth-order valence-electron chi connectivity index (χ4n) is 2.68. The molecule has 0 bridgehead atoms. The van der Waals surface area contributed by atoms with Gasteiger partial charge in [0, 0.05) is 44.0 Å². The van der Waals surface area contributed by atoms with Crippen LogP contribution < -0.4 is 14.8 Å². The maximum Gasteiger partial charge on any atom is 0.163 e. The molecular weight excluding hydrogens is 452 g/mol. The van der Waals surface area contributed by atoms with Gasteiger partial charge in [0.05, 0.1) is 6.61 Å². The lowest BCUT2D eigenvalue weighted by Gasteiger charge is -2.16. The molecule has 0 fully saturated rings. The zero-order valence-corrected chi connectivity index (χ0v) is 18.7. The van der Waals surface area contributed by atoms with Crippen molar-refractivity contribution in [3.05, 3.63) is 85.8 Å². The average Bonchev–Trinajstić information content (AvgIpc) is 2.69. The van der Waals surface area contributed by atoms with Crippen molar-refractivity contribution < 1.29 is 9.47 Å². The van der Waals surface area contributed by atoms with E-state index >= 15 is 0 Å². The summed E-state index contributed by atoms with van der Waals surface area (Å²) in [7, 11) is 0. The van der Waals surface area contributed by atoms with Gasteiger partial charge in [-0.3, -0.25) is 0 Å². The van der Waals surface area contributed by atoms with Crippen molar-refractivity contribution in [1.82, 2.24) is 0 Å². The first-order valence-corrected chi connectivity index (χ1v) is 10.5. The van der Waals surface area contributed by atoms with E-state index in [9.17, 15) is 0 Å². The van der Waals surface area contributed by atoms with Crippen LogP contribution in [0.1, 0.15) is 18.1 Å². The number of benzene rings is 3. The summed E-state index contributed by atoms with van der Waals surface area (Å²) in [4.78, 5) is 0. The Morgan fingerprint density at radius 1 is 0.793 bits per heavy atom. The van der Waals surface area contributed by atoms with Crippen molar-refractivity contribution in [3.8, 4) is 11.5 Å². The van der Waals surface area contributed by atoms with E-state index in [2.05, 4.69) is 5.32 Å². The minimum absolute atomic E-state index is 0.206. The first-order chi connectivity index (χ1) is 14.0. The molecular formula is C22H19Cl4NO2. The number of hydrogen-bond donors (Lipinski definition) is 1. The standard InChI is InChI=1S/C22H19Cl4NO2/c1-2-28-21-10-14(12-27-16-8-6-15(23)7-9-16)20(26)11-22(21)29-13-17-18(24)4-3-5-19(17)25/h3-11,27H,2,12-13H2,1H3. The summed E-state index contributed by atoms with van der Waals surface area (Å²) < 4.78 is 11.7. The number of halogens is 4. The van der Waals surface area contributed by atoms with E-state index in [-0.39, 0.29) is 6.61 Å². The van der Waals surface area contributed by atoms with Crippen molar-refractivity contribution in [3.63, 3.8) is 0 Å². The van der Waals surface area contributed by atoms with Crippen molar-refractivity contribution in [2.75, 3.05) is 11.9 Å². The number of ether oxygens (including phenoxy) is 2. The van der Waals surface area contributed by atoms with Crippen LogP contribution >= 0.6 is 46.4 Å². The van der Waals surface area contributed by atoms with E-state index in [4.69, 9.17) is 55.9 Å². The second-order valence-corrected chi connectivity index (χ2v) is 7.83. The molecule has 1 N–H and O–H groups in total. The van der Waals surface area contributed by atoms with Crippen LogP contribution in [0, 0.1) is 0 Å². The van der Waals surface area contributed by atoms with Crippen molar-refractivity contribution >= 4 is 52.1 Å². The molecule has 0 aliphatic carbocycles. The van der Waals surface area contributed by atoms with Gasteiger partial charge >= 0.3 is 0 Å². The third-order valence-corrected chi connectivity index (χ3v) is 5.49. The van der Waals surface area contributed by atoms with Crippen LogP contribution in [-0.4, -0.2) is 6.61 Å². The van der Waals surface area contributed by atoms with Gasteiger partial charge in [0.25, 0.3) is 0 Å². The molecule has 0 aliphatic rings. The van der Waals surface area contributed by atoms with Crippen LogP contribution in [0.15, 0.2) is 54.6 Å². The maximum atomic E-state index is 6.49. The van der Waals surface area contributed by atoms with Crippen molar-refractivity contribution in [1.29, 1.82) is 0 Å². The van der Waals surface area contributed by atoms with E-state index in [1.54, 1.807) is 24.3 Å². The normalized spacial score (nSPS) is 10.7. The topological polar surface area (TPSA) is 30.5 Å². The largest absolute Gasteiger partial charge is 0.490 e. The summed E-state index contributed by atoms with van der Waals surface area (Å²) in [5.74, 6) is 1.14. The van der Waals surface area contributed by atoms with Crippen LogP contribution in [0.3, 0.4) is 0 Å². The molecule has 3 aromatic carbocycles. The second kappa shape index (κ2) is 10.3. The monoisotopic (exact) mass is 469 g/mol. The lowest BCUT2D eigenvalue weighted by Crippen LogP contribution is -2.04. The van der Waals surface area contributed by atoms with Gasteiger partial charge < -0.3 is 14.8 Å². The minimum Gasteiger partial charge on any atom is -0.490 e. The Balaban J connectivity index is 1.77.